The Labute approximate surface area is 143 Å². The van der Waals surface area contributed by atoms with Crippen molar-refractivity contribution in [1.82, 2.24) is 19.4 Å². The molecule has 1 aliphatic heterocycles. The number of aromatic nitrogens is 2. The van der Waals surface area contributed by atoms with E-state index in [9.17, 15) is 0 Å². The van der Waals surface area contributed by atoms with Crippen LogP contribution in [-0.2, 0) is 23.1 Å². The van der Waals surface area contributed by atoms with Gasteiger partial charge in [0.25, 0.3) is 12.9 Å². The number of rotatable bonds is 4. The molecule has 1 aromatic heterocycles. The average molecular weight is 342 g/mol. The Morgan fingerprint density at radius 3 is 2.25 bits per heavy atom. The molecule has 0 aromatic carbocycles. The molecule has 8 nitrogen and oxygen atoms in total. The monoisotopic (exact) mass is 342 g/mol. The molecule has 24 heavy (non-hydrogen) atoms. The van der Waals surface area contributed by atoms with E-state index in [0.717, 1.165) is 26.1 Å². The van der Waals surface area contributed by atoms with Crippen LogP contribution in [0.3, 0.4) is 0 Å². The zero-order valence-electron chi connectivity index (χ0n) is 15.1. The van der Waals surface area contributed by atoms with Gasteiger partial charge in [-0.15, -0.1) is 0 Å². The van der Waals surface area contributed by atoms with Gasteiger partial charge in [-0.1, -0.05) is 6.92 Å². The molecule has 0 amide bonds. The summed E-state index contributed by atoms with van der Waals surface area (Å²) in [6, 6.07) is 0. The van der Waals surface area contributed by atoms with Crippen molar-refractivity contribution in [3.05, 3.63) is 18.2 Å². The van der Waals surface area contributed by atoms with Crippen LogP contribution >= 0.6 is 0 Å². The summed E-state index contributed by atoms with van der Waals surface area (Å²) in [4.78, 5) is 26.3. The largest absolute Gasteiger partial charge is 0.483 e. The van der Waals surface area contributed by atoms with Crippen LogP contribution in [0.1, 0.15) is 26.6 Å². The summed E-state index contributed by atoms with van der Waals surface area (Å²) in [7, 11) is 2.07. The molecule has 1 saturated heterocycles. The van der Waals surface area contributed by atoms with Gasteiger partial charge in [0.15, 0.2) is 0 Å². The minimum Gasteiger partial charge on any atom is -0.483 e. The van der Waals surface area contributed by atoms with E-state index in [1.165, 1.54) is 18.9 Å². The molecule has 0 radical (unpaired) electrons. The van der Waals surface area contributed by atoms with E-state index in [1.807, 2.05) is 12.4 Å². The van der Waals surface area contributed by atoms with Gasteiger partial charge >= 0.3 is 0 Å². The number of piperazine rings is 1. The van der Waals surface area contributed by atoms with Gasteiger partial charge in [0, 0.05) is 57.6 Å². The van der Waals surface area contributed by atoms with Crippen LogP contribution in [0.5, 0.6) is 0 Å². The highest BCUT2D eigenvalue weighted by Gasteiger charge is 2.32. The smallest absolute Gasteiger partial charge is 0.290 e. The molecule has 1 aliphatic rings. The van der Waals surface area contributed by atoms with E-state index in [0.29, 0.717) is 5.54 Å². The second-order valence-corrected chi connectivity index (χ2v) is 6.08. The first-order chi connectivity index (χ1) is 11.4. The summed E-state index contributed by atoms with van der Waals surface area (Å²) in [5, 5.41) is 13.8. The molecule has 1 aromatic rings. The first kappa shape index (κ1) is 22.1. The normalized spacial score (nSPS) is 17.0. The standard InChI is InChI=1S/C14H26N4.2CH2O2/c1-5-18-11-10-17(12-14(18,2)3)8-6-13-15-7-9-16(13)4;2*2-1-3/h7,9H,5-6,8,10-12H2,1-4H3;2*1H,(H,2,3). The highest BCUT2D eigenvalue weighted by molar-refractivity contribution is 5.33. The zero-order chi connectivity index (χ0) is 18.6. The van der Waals surface area contributed by atoms with Crippen molar-refractivity contribution in [2.24, 2.45) is 7.05 Å². The van der Waals surface area contributed by atoms with Crippen LogP contribution < -0.4 is 0 Å². The van der Waals surface area contributed by atoms with Crippen molar-refractivity contribution in [2.45, 2.75) is 32.7 Å². The van der Waals surface area contributed by atoms with Crippen LogP contribution in [0.2, 0.25) is 0 Å². The lowest BCUT2D eigenvalue weighted by Crippen LogP contribution is -2.59. The van der Waals surface area contributed by atoms with E-state index in [-0.39, 0.29) is 12.9 Å². The van der Waals surface area contributed by atoms with E-state index >= 15 is 0 Å². The summed E-state index contributed by atoms with van der Waals surface area (Å²) >= 11 is 0. The van der Waals surface area contributed by atoms with Crippen molar-refractivity contribution >= 4 is 12.9 Å². The van der Waals surface area contributed by atoms with Gasteiger partial charge in [-0.2, -0.15) is 0 Å². The van der Waals surface area contributed by atoms with Crippen molar-refractivity contribution in [3.8, 4) is 0 Å². The van der Waals surface area contributed by atoms with Gasteiger partial charge in [0.2, 0.25) is 0 Å². The Balaban J connectivity index is 0.000000772. The molecular weight excluding hydrogens is 312 g/mol. The molecule has 8 heteroatoms. The molecule has 2 heterocycles. The summed E-state index contributed by atoms with van der Waals surface area (Å²) in [5.41, 5.74) is 0.300. The number of imidazole rings is 1. The lowest BCUT2D eigenvalue weighted by molar-refractivity contribution is -0.123. The van der Waals surface area contributed by atoms with Crippen LogP contribution in [0.15, 0.2) is 12.4 Å². The lowest BCUT2D eigenvalue weighted by Gasteiger charge is -2.46. The number of likely N-dealkylation sites (N-methyl/N-ethyl adjacent to an activating group) is 1. The van der Waals surface area contributed by atoms with Gasteiger partial charge < -0.3 is 14.8 Å². The molecule has 0 saturated carbocycles. The van der Waals surface area contributed by atoms with Gasteiger partial charge in [0.05, 0.1) is 0 Å². The molecule has 0 atom stereocenters. The number of carboxylic acid groups (broad SMARTS) is 2. The first-order valence-electron chi connectivity index (χ1n) is 7.95. The number of carbonyl (C=O) groups is 2. The molecule has 0 aliphatic carbocycles. The molecule has 0 unspecified atom stereocenters. The Morgan fingerprint density at radius 2 is 1.83 bits per heavy atom. The Hall–Kier alpha value is -1.93. The molecule has 1 fully saturated rings. The number of hydrogen-bond acceptors (Lipinski definition) is 5. The number of nitrogens with zero attached hydrogens (tertiary/aromatic N) is 4. The van der Waals surface area contributed by atoms with E-state index in [2.05, 4.69) is 47.2 Å². The third kappa shape index (κ3) is 7.56. The van der Waals surface area contributed by atoms with Gasteiger partial charge in [0.1, 0.15) is 5.82 Å². The van der Waals surface area contributed by atoms with Gasteiger partial charge in [-0.25, -0.2) is 4.98 Å². The molecule has 0 bridgehead atoms. The molecule has 2 rings (SSSR count). The number of hydrogen-bond donors (Lipinski definition) is 2. The fourth-order valence-electron chi connectivity index (χ4n) is 2.96. The second-order valence-electron chi connectivity index (χ2n) is 6.08. The van der Waals surface area contributed by atoms with E-state index in [1.54, 1.807) is 0 Å². The van der Waals surface area contributed by atoms with Crippen LogP contribution in [-0.4, -0.2) is 80.8 Å². The highest BCUT2D eigenvalue weighted by atomic mass is 16.3. The van der Waals surface area contributed by atoms with Crippen molar-refractivity contribution in [1.29, 1.82) is 0 Å². The predicted molar refractivity (Wildman–Crippen MR) is 92.1 cm³/mol. The summed E-state index contributed by atoms with van der Waals surface area (Å²) < 4.78 is 2.12. The fourth-order valence-corrected chi connectivity index (χ4v) is 2.96. The Kier molecular flexibility index (Phi) is 10.7. The molecule has 2 N–H and O–H groups in total. The maximum absolute atomic E-state index is 8.36. The molecule has 0 spiro atoms. The lowest BCUT2D eigenvalue weighted by atomic mass is 9.99. The predicted octanol–water partition coefficient (Wildman–Crippen LogP) is 0.780. The average Bonchev–Trinajstić information content (AvgIpc) is 2.91. The van der Waals surface area contributed by atoms with Crippen molar-refractivity contribution in [2.75, 3.05) is 32.7 Å². The van der Waals surface area contributed by atoms with Crippen LogP contribution in [0, 0.1) is 0 Å². The van der Waals surface area contributed by atoms with Gasteiger partial charge in [-0.05, 0) is 20.4 Å². The fraction of sp³-hybridized carbons (Fsp3) is 0.688. The quantitative estimate of drug-likeness (QED) is 0.780. The van der Waals surface area contributed by atoms with E-state index in [4.69, 9.17) is 19.8 Å². The molecule has 138 valence electrons. The minimum atomic E-state index is -0.250. The minimum absolute atomic E-state index is 0.250. The van der Waals surface area contributed by atoms with Crippen molar-refractivity contribution in [3.63, 3.8) is 0 Å². The maximum Gasteiger partial charge on any atom is 0.290 e. The SMILES string of the molecule is CCN1CCN(CCc2nccn2C)CC1(C)C.O=CO.O=CO. The van der Waals surface area contributed by atoms with Crippen LogP contribution in [0.25, 0.3) is 0 Å². The Bertz CT molecular complexity index is 470. The highest BCUT2D eigenvalue weighted by Crippen LogP contribution is 2.20. The maximum atomic E-state index is 8.36. The summed E-state index contributed by atoms with van der Waals surface area (Å²) in [5.74, 6) is 1.19. The van der Waals surface area contributed by atoms with E-state index < -0.39 is 0 Å². The van der Waals surface area contributed by atoms with Gasteiger partial charge in [-0.3, -0.25) is 19.4 Å². The summed E-state index contributed by atoms with van der Waals surface area (Å²) in [6.45, 7) is 12.3. The molecular formula is C16H30N4O4. The zero-order valence-corrected chi connectivity index (χ0v) is 15.1. The third-order valence-electron chi connectivity index (χ3n) is 4.11. The van der Waals surface area contributed by atoms with Crippen LogP contribution in [0.4, 0.5) is 0 Å². The topological polar surface area (TPSA) is 98.9 Å². The second kappa shape index (κ2) is 11.6. The van der Waals surface area contributed by atoms with Crippen molar-refractivity contribution < 1.29 is 19.8 Å². The number of aryl methyl sites for hydroxylation is 1. The first-order valence-corrected chi connectivity index (χ1v) is 7.95. The Morgan fingerprint density at radius 1 is 1.25 bits per heavy atom. The summed E-state index contributed by atoms with van der Waals surface area (Å²) in [6.07, 6.45) is 4.95. The third-order valence-corrected chi connectivity index (χ3v) is 4.11.